The Morgan fingerprint density at radius 1 is 1.11 bits per heavy atom. The molecule has 1 unspecified atom stereocenters. The van der Waals surface area contributed by atoms with Gasteiger partial charge in [0.25, 0.3) is 0 Å². The van der Waals surface area contributed by atoms with Crippen molar-refractivity contribution < 1.29 is 5.11 Å². The van der Waals surface area contributed by atoms with Crippen LogP contribution in [0.5, 0.6) is 0 Å². The minimum Gasteiger partial charge on any atom is -0.391 e. The SMILES string of the molecule is CC(C)(C)C1CCC(C(O)C2(C#N)CCCC2)CC1. The van der Waals surface area contributed by atoms with Gasteiger partial charge in [-0.25, -0.2) is 0 Å². The van der Waals surface area contributed by atoms with E-state index in [0.717, 1.165) is 44.4 Å². The Balaban J connectivity index is 1.96. The molecule has 0 aromatic heterocycles. The van der Waals surface area contributed by atoms with Crippen LogP contribution in [0.3, 0.4) is 0 Å². The molecule has 2 fully saturated rings. The third-order valence-electron chi connectivity index (χ3n) is 5.73. The molecule has 2 rings (SSSR count). The molecule has 0 aromatic carbocycles. The smallest absolute Gasteiger partial charge is 0.0835 e. The lowest BCUT2D eigenvalue weighted by molar-refractivity contribution is -0.0119. The predicted octanol–water partition coefficient (Wildman–Crippen LogP) is 4.28. The van der Waals surface area contributed by atoms with Crippen molar-refractivity contribution in [2.75, 3.05) is 0 Å². The van der Waals surface area contributed by atoms with Crippen LogP contribution in [-0.4, -0.2) is 11.2 Å². The predicted molar refractivity (Wildman–Crippen MR) is 77.4 cm³/mol. The monoisotopic (exact) mass is 263 g/mol. The molecule has 108 valence electrons. The first-order chi connectivity index (χ1) is 8.89. The van der Waals surface area contributed by atoms with Crippen molar-refractivity contribution in [2.45, 2.75) is 78.2 Å². The van der Waals surface area contributed by atoms with Gasteiger partial charge in [-0.1, -0.05) is 33.6 Å². The second-order valence-corrected chi connectivity index (χ2v) is 7.90. The summed E-state index contributed by atoms with van der Waals surface area (Å²) in [4.78, 5) is 0. The maximum atomic E-state index is 10.7. The summed E-state index contributed by atoms with van der Waals surface area (Å²) in [6.07, 6.45) is 8.29. The van der Waals surface area contributed by atoms with E-state index >= 15 is 0 Å². The molecule has 0 bridgehead atoms. The van der Waals surface area contributed by atoms with Crippen molar-refractivity contribution in [2.24, 2.45) is 22.7 Å². The number of nitrogens with zero attached hydrogens (tertiary/aromatic N) is 1. The molecule has 2 aliphatic rings. The van der Waals surface area contributed by atoms with Crippen LogP contribution < -0.4 is 0 Å². The molecule has 19 heavy (non-hydrogen) atoms. The zero-order valence-corrected chi connectivity index (χ0v) is 12.8. The fourth-order valence-electron chi connectivity index (χ4n) is 4.23. The van der Waals surface area contributed by atoms with E-state index in [1.807, 2.05) is 0 Å². The highest BCUT2D eigenvalue weighted by Gasteiger charge is 2.45. The number of hydrogen-bond acceptors (Lipinski definition) is 2. The second kappa shape index (κ2) is 5.44. The van der Waals surface area contributed by atoms with Gasteiger partial charge >= 0.3 is 0 Å². The van der Waals surface area contributed by atoms with E-state index < -0.39 is 5.41 Å². The fourth-order valence-corrected chi connectivity index (χ4v) is 4.23. The molecule has 0 aliphatic heterocycles. The van der Waals surface area contributed by atoms with Crippen LogP contribution in [0, 0.1) is 34.0 Å². The Morgan fingerprint density at radius 2 is 1.63 bits per heavy atom. The van der Waals surface area contributed by atoms with Crippen molar-refractivity contribution in [3.05, 3.63) is 0 Å². The van der Waals surface area contributed by atoms with Crippen molar-refractivity contribution in [1.82, 2.24) is 0 Å². The first-order valence-electron chi connectivity index (χ1n) is 7.98. The van der Waals surface area contributed by atoms with E-state index in [1.165, 1.54) is 12.8 Å². The van der Waals surface area contributed by atoms with Gasteiger partial charge in [-0.15, -0.1) is 0 Å². The highest BCUT2D eigenvalue weighted by molar-refractivity contribution is 5.08. The summed E-state index contributed by atoms with van der Waals surface area (Å²) in [5, 5.41) is 20.2. The molecular weight excluding hydrogens is 234 g/mol. The van der Waals surface area contributed by atoms with Gasteiger partial charge in [-0.2, -0.15) is 5.26 Å². The first-order valence-corrected chi connectivity index (χ1v) is 7.98. The number of rotatable bonds is 2. The average Bonchev–Trinajstić information content (AvgIpc) is 2.87. The molecule has 0 saturated heterocycles. The van der Waals surface area contributed by atoms with Gasteiger partial charge in [0.2, 0.25) is 0 Å². The van der Waals surface area contributed by atoms with E-state index in [0.29, 0.717) is 11.3 Å². The number of nitriles is 1. The van der Waals surface area contributed by atoms with Gasteiger partial charge < -0.3 is 5.11 Å². The van der Waals surface area contributed by atoms with E-state index in [9.17, 15) is 10.4 Å². The van der Waals surface area contributed by atoms with Crippen LogP contribution >= 0.6 is 0 Å². The van der Waals surface area contributed by atoms with Gasteiger partial charge in [0.15, 0.2) is 0 Å². The van der Waals surface area contributed by atoms with Crippen LogP contribution in [0.1, 0.15) is 72.1 Å². The lowest BCUT2D eigenvalue weighted by Crippen LogP contribution is -2.40. The largest absolute Gasteiger partial charge is 0.391 e. The molecule has 0 aromatic rings. The van der Waals surface area contributed by atoms with Gasteiger partial charge in [0.05, 0.1) is 17.6 Å². The zero-order valence-electron chi connectivity index (χ0n) is 12.8. The second-order valence-electron chi connectivity index (χ2n) is 7.90. The van der Waals surface area contributed by atoms with E-state index in [1.54, 1.807) is 0 Å². The summed E-state index contributed by atoms with van der Waals surface area (Å²) in [5.41, 5.74) is -0.0323. The average molecular weight is 263 g/mol. The van der Waals surface area contributed by atoms with Gasteiger partial charge in [-0.3, -0.25) is 0 Å². The molecule has 2 aliphatic carbocycles. The normalized spacial score (nSPS) is 32.8. The Labute approximate surface area is 118 Å². The Bertz CT molecular complexity index is 335. The fraction of sp³-hybridized carbons (Fsp3) is 0.941. The number of aliphatic hydroxyl groups is 1. The lowest BCUT2D eigenvalue weighted by atomic mass is 9.65. The highest BCUT2D eigenvalue weighted by atomic mass is 16.3. The molecule has 1 N–H and O–H groups in total. The Morgan fingerprint density at radius 3 is 2.05 bits per heavy atom. The highest BCUT2D eigenvalue weighted by Crippen LogP contribution is 2.48. The topological polar surface area (TPSA) is 44.0 Å². The van der Waals surface area contributed by atoms with Crippen molar-refractivity contribution in [1.29, 1.82) is 5.26 Å². The molecular formula is C17H29NO. The standard InChI is InChI=1S/C17H29NO/c1-16(2,3)14-8-6-13(7-9-14)15(19)17(12-18)10-4-5-11-17/h13-15,19H,4-11H2,1-3H3. The summed E-state index contributed by atoms with van der Waals surface area (Å²) in [7, 11) is 0. The summed E-state index contributed by atoms with van der Waals surface area (Å²) in [6, 6.07) is 2.47. The van der Waals surface area contributed by atoms with Gasteiger partial charge in [-0.05, 0) is 55.8 Å². The summed E-state index contributed by atoms with van der Waals surface area (Å²) < 4.78 is 0. The van der Waals surface area contributed by atoms with E-state index in [-0.39, 0.29) is 6.10 Å². The number of hydrogen-bond donors (Lipinski definition) is 1. The maximum absolute atomic E-state index is 10.7. The molecule has 0 heterocycles. The molecule has 2 heteroatoms. The van der Waals surface area contributed by atoms with Crippen LogP contribution in [0.15, 0.2) is 0 Å². The molecule has 0 spiro atoms. The van der Waals surface area contributed by atoms with Crippen molar-refractivity contribution >= 4 is 0 Å². The molecule has 1 atom stereocenters. The van der Waals surface area contributed by atoms with E-state index in [2.05, 4.69) is 26.8 Å². The maximum Gasteiger partial charge on any atom is 0.0835 e. The minimum absolute atomic E-state index is 0.358. The molecule has 2 saturated carbocycles. The number of aliphatic hydroxyl groups excluding tert-OH is 1. The van der Waals surface area contributed by atoms with Crippen molar-refractivity contribution in [3.8, 4) is 6.07 Å². The van der Waals surface area contributed by atoms with Gasteiger partial charge in [0, 0.05) is 0 Å². The quantitative estimate of drug-likeness (QED) is 0.808. The summed E-state index contributed by atoms with van der Waals surface area (Å²) >= 11 is 0. The third-order valence-corrected chi connectivity index (χ3v) is 5.73. The lowest BCUT2D eigenvalue weighted by Gasteiger charge is -2.41. The first kappa shape index (κ1) is 14.9. The van der Waals surface area contributed by atoms with E-state index in [4.69, 9.17) is 0 Å². The summed E-state index contributed by atoms with van der Waals surface area (Å²) in [6.45, 7) is 6.96. The molecule has 0 radical (unpaired) electrons. The van der Waals surface area contributed by atoms with Gasteiger partial charge in [0.1, 0.15) is 0 Å². The summed E-state index contributed by atoms with van der Waals surface area (Å²) in [5.74, 6) is 1.13. The minimum atomic E-state index is -0.417. The van der Waals surface area contributed by atoms with Crippen LogP contribution in [0.2, 0.25) is 0 Å². The van der Waals surface area contributed by atoms with Crippen LogP contribution in [0.4, 0.5) is 0 Å². The molecule has 2 nitrogen and oxygen atoms in total. The van der Waals surface area contributed by atoms with Crippen molar-refractivity contribution in [3.63, 3.8) is 0 Å². The Kier molecular flexibility index (Phi) is 4.26. The van der Waals surface area contributed by atoms with Crippen LogP contribution in [0.25, 0.3) is 0 Å². The third kappa shape index (κ3) is 2.97. The molecule has 0 amide bonds. The zero-order chi connectivity index (χ0) is 14.1. The van der Waals surface area contributed by atoms with Crippen LogP contribution in [-0.2, 0) is 0 Å². The Hall–Kier alpha value is -0.550.